The van der Waals surface area contributed by atoms with E-state index in [0.29, 0.717) is 10.7 Å². The number of amides is 2. The molecular formula is C21H25ClN2O2. The van der Waals surface area contributed by atoms with Crippen molar-refractivity contribution in [3.05, 3.63) is 58.6 Å². The fraction of sp³-hybridized carbons (Fsp3) is 0.333. The van der Waals surface area contributed by atoms with Gasteiger partial charge in [0, 0.05) is 16.4 Å². The van der Waals surface area contributed by atoms with Crippen LogP contribution in [0.3, 0.4) is 0 Å². The summed E-state index contributed by atoms with van der Waals surface area (Å²) in [7, 11) is 0. The molecule has 2 amide bonds. The Kier molecular flexibility index (Phi) is 6.81. The van der Waals surface area contributed by atoms with Gasteiger partial charge < -0.3 is 10.6 Å². The third-order valence-corrected chi connectivity index (χ3v) is 4.30. The van der Waals surface area contributed by atoms with Crippen LogP contribution in [0.1, 0.15) is 57.1 Å². The highest BCUT2D eigenvalue weighted by atomic mass is 35.5. The monoisotopic (exact) mass is 372 g/mol. The molecule has 26 heavy (non-hydrogen) atoms. The fourth-order valence-corrected chi connectivity index (χ4v) is 2.99. The van der Waals surface area contributed by atoms with Crippen molar-refractivity contribution in [2.24, 2.45) is 0 Å². The van der Waals surface area contributed by atoms with Gasteiger partial charge in [-0.1, -0.05) is 63.6 Å². The highest BCUT2D eigenvalue weighted by molar-refractivity contribution is 6.30. The first kappa shape index (κ1) is 20.0. The minimum atomic E-state index is -0.377. The number of halogens is 1. The molecule has 2 aromatic rings. The van der Waals surface area contributed by atoms with Gasteiger partial charge >= 0.3 is 0 Å². The summed E-state index contributed by atoms with van der Waals surface area (Å²) in [5, 5.41) is 6.16. The van der Waals surface area contributed by atoms with Crippen molar-refractivity contribution in [2.75, 3.05) is 10.6 Å². The summed E-state index contributed by atoms with van der Waals surface area (Å²) in [5.74, 6) is -0.175. The van der Waals surface area contributed by atoms with Crippen molar-refractivity contribution < 1.29 is 9.59 Å². The number of hydrogen-bond acceptors (Lipinski definition) is 2. The van der Waals surface area contributed by atoms with Crippen LogP contribution in [0.25, 0.3) is 0 Å². The standard InChI is InChI=1S/C21H25ClN2O2/c1-13(2)17-9-6-10-18(14(3)4)21(17)24-20(26)12-19(25)23-16-8-5-7-15(22)11-16/h5-11,13-14H,12H2,1-4H3,(H,23,25)(H,24,26). The van der Waals surface area contributed by atoms with Crippen LogP contribution in [0.4, 0.5) is 11.4 Å². The molecule has 0 saturated carbocycles. The molecule has 2 aromatic carbocycles. The number of para-hydroxylation sites is 1. The maximum absolute atomic E-state index is 12.4. The van der Waals surface area contributed by atoms with E-state index in [1.165, 1.54) is 0 Å². The Morgan fingerprint density at radius 3 is 1.96 bits per heavy atom. The molecule has 138 valence electrons. The summed E-state index contributed by atoms with van der Waals surface area (Å²) in [6.45, 7) is 8.34. The van der Waals surface area contributed by atoms with Crippen LogP contribution in [0.2, 0.25) is 5.02 Å². The zero-order chi connectivity index (χ0) is 19.3. The zero-order valence-corrected chi connectivity index (χ0v) is 16.4. The average molecular weight is 373 g/mol. The Bertz CT molecular complexity index is 774. The highest BCUT2D eigenvalue weighted by Crippen LogP contribution is 2.32. The smallest absolute Gasteiger partial charge is 0.233 e. The van der Waals surface area contributed by atoms with Crippen molar-refractivity contribution in [2.45, 2.75) is 46.0 Å². The summed E-state index contributed by atoms with van der Waals surface area (Å²) in [6, 6.07) is 12.9. The first-order valence-electron chi connectivity index (χ1n) is 8.76. The quantitative estimate of drug-likeness (QED) is 0.652. The number of hydrogen-bond donors (Lipinski definition) is 2. The van der Waals surface area contributed by atoms with Crippen LogP contribution in [-0.4, -0.2) is 11.8 Å². The van der Waals surface area contributed by atoms with Crippen molar-refractivity contribution >= 4 is 34.8 Å². The van der Waals surface area contributed by atoms with Gasteiger partial charge in [-0.2, -0.15) is 0 Å². The number of benzene rings is 2. The Balaban J connectivity index is 2.11. The number of rotatable bonds is 6. The minimum absolute atomic E-state index is 0.253. The van der Waals surface area contributed by atoms with Gasteiger partial charge in [0.1, 0.15) is 6.42 Å². The molecule has 0 aromatic heterocycles. The summed E-state index contributed by atoms with van der Waals surface area (Å²) in [4.78, 5) is 24.6. The maximum atomic E-state index is 12.4. The molecule has 0 aliphatic heterocycles. The second-order valence-electron chi connectivity index (χ2n) is 6.90. The normalized spacial score (nSPS) is 10.9. The van der Waals surface area contributed by atoms with Gasteiger partial charge in [-0.3, -0.25) is 9.59 Å². The van der Waals surface area contributed by atoms with Crippen molar-refractivity contribution in [1.29, 1.82) is 0 Å². The van der Waals surface area contributed by atoms with E-state index in [-0.39, 0.29) is 30.1 Å². The van der Waals surface area contributed by atoms with Gasteiger partial charge in [0.15, 0.2) is 0 Å². The van der Waals surface area contributed by atoms with E-state index in [1.807, 2.05) is 18.2 Å². The Morgan fingerprint density at radius 1 is 0.885 bits per heavy atom. The van der Waals surface area contributed by atoms with Gasteiger partial charge in [0.05, 0.1) is 0 Å². The van der Waals surface area contributed by atoms with E-state index in [2.05, 4.69) is 38.3 Å². The van der Waals surface area contributed by atoms with E-state index in [0.717, 1.165) is 16.8 Å². The topological polar surface area (TPSA) is 58.2 Å². The molecule has 0 atom stereocenters. The largest absolute Gasteiger partial charge is 0.326 e. The van der Waals surface area contributed by atoms with Gasteiger partial charge in [-0.25, -0.2) is 0 Å². The van der Waals surface area contributed by atoms with Crippen LogP contribution in [0, 0.1) is 0 Å². The van der Waals surface area contributed by atoms with Crippen molar-refractivity contribution in [1.82, 2.24) is 0 Å². The molecule has 2 N–H and O–H groups in total. The number of anilines is 2. The molecule has 4 nitrogen and oxygen atoms in total. The Morgan fingerprint density at radius 2 is 1.42 bits per heavy atom. The lowest BCUT2D eigenvalue weighted by Gasteiger charge is -2.20. The summed E-state index contributed by atoms with van der Waals surface area (Å²) >= 11 is 5.90. The predicted octanol–water partition coefficient (Wildman–Crippen LogP) is 5.55. The summed E-state index contributed by atoms with van der Waals surface area (Å²) in [5.41, 5.74) is 3.53. The fourth-order valence-electron chi connectivity index (χ4n) is 2.80. The van der Waals surface area contributed by atoms with Gasteiger partial charge in [0.25, 0.3) is 0 Å². The lowest BCUT2D eigenvalue weighted by atomic mass is 9.92. The van der Waals surface area contributed by atoms with E-state index in [9.17, 15) is 9.59 Å². The second-order valence-corrected chi connectivity index (χ2v) is 7.34. The lowest BCUT2D eigenvalue weighted by molar-refractivity contribution is -0.123. The van der Waals surface area contributed by atoms with Crippen LogP contribution in [-0.2, 0) is 9.59 Å². The van der Waals surface area contributed by atoms with E-state index in [4.69, 9.17) is 11.6 Å². The molecule has 0 radical (unpaired) electrons. The third kappa shape index (κ3) is 5.33. The van der Waals surface area contributed by atoms with Crippen molar-refractivity contribution in [3.63, 3.8) is 0 Å². The van der Waals surface area contributed by atoms with Crippen LogP contribution in [0.15, 0.2) is 42.5 Å². The molecule has 0 heterocycles. The average Bonchev–Trinajstić information content (AvgIpc) is 2.54. The molecule has 0 unspecified atom stereocenters. The van der Waals surface area contributed by atoms with Crippen LogP contribution in [0.5, 0.6) is 0 Å². The number of carbonyl (C=O) groups excluding carboxylic acids is 2. The number of carbonyl (C=O) groups is 2. The van der Waals surface area contributed by atoms with Gasteiger partial charge in [0.2, 0.25) is 11.8 Å². The Labute approximate surface area is 159 Å². The van der Waals surface area contributed by atoms with E-state index >= 15 is 0 Å². The van der Waals surface area contributed by atoms with Crippen molar-refractivity contribution in [3.8, 4) is 0 Å². The predicted molar refractivity (Wildman–Crippen MR) is 108 cm³/mol. The SMILES string of the molecule is CC(C)c1cccc(C(C)C)c1NC(=O)CC(=O)Nc1cccc(Cl)c1. The highest BCUT2D eigenvalue weighted by Gasteiger charge is 2.17. The molecule has 0 saturated heterocycles. The van der Waals surface area contributed by atoms with E-state index in [1.54, 1.807) is 24.3 Å². The van der Waals surface area contributed by atoms with E-state index < -0.39 is 0 Å². The van der Waals surface area contributed by atoms with Gasteiger partial charge in [-0.05, 0) is 41.2 Å². The van der Waals surface area contributed by atoms with Gasteiger partial charge in [-0.15, -0.1) is 0 Å². The van der Waals surface area contributed by atoms with Crippen LogP contribution >= 0.6 is 11.6 Å². The molecule has 0 spiro atoms. The summed E-state index contributed by atoms with van der Waals surface area (Å²) < 4.78 is 0. The molecule has 5 heteroatoms. The molecule has 0 aliphatic carbocycles. The molecular weight excluding hydrogens is 348 g/mol. The Hall–Kier alpha value is -2.33. The second kappa shape index (κ2) is 8.86. The molecule has 2 rings (SSSR count). The van der Waals surface area contributed by atoms with Crippen LogP contribution < -0.4 is 10.6 Å². The first-order valence-corrected chi connectivity index (χ1v) is 9.13. The summed E-state index contributed by atoms with van der Waals surface area (Å²) in [6.07, 6.45) is -0.253. The molecule has 0 fully saturated rings. The molecule has 0 bridgehead atoms. The zero-order valence-electron chi connectivity index (χ0n) is 15.6. The molecule has 0 aliphatic rings. The first-order chi connectivity index (χ1) is 12.3. The third-order valence-electron chi connectivity index (χ3n) is 4.07. The minimum Gasteiger partial charge on any atom is -0.326 e. The maximum Gasteiger partial charge on any atom is 0.233 e. The lowest BCUT2D eigenvalue weighted by Crippen LogP contribution is -2.22. The number of nitrogens with one attached hydrogen (secondary N) is 2.